The van der Waals surface area contributed by atoms with Crippen LogP contribution in [0.1, 0.15) is 64.7 Å². The van der Waals surface area contributed by atoms with Gasteiger partial charge in [-0.05, 0) is 74.6 Å². The molecule has 2 aliphatic carbocycles. The zero-order chi connectivity index (χ0) is 37.4. The molecule has 270 valence electrons. The number of pyridine rings is 1. The summed E-state index contributed by atoms with van der Waals surface area (Å²) in [6.45, 7) is 1.50. The number of nitrogens with zero attached hydrogens (tertiary/aromatic N) is 4. The van der Waals surface area contributed by atoms with E-state index in [4.69, 9.17) is 23.2 Å². The zero-order valence-corrected chi connectivity index (χ0v) is 28.4. The summed E-state index contributed by atoms with van der Waals surface area (Å²) in [4.78, 5) is 63.0. The van der Waals surface area contributed by atoms with E-state index in [1.807, 2.05) is 0 Å². The minimum absolute atomic E-state index is 0.00713. The maximum atomic E-state index is 14.4. The molecule has 2 aromatic heterocycles. The first-order valence-electron chi connectivity index (χ1n) is 15.7. The molecule has 2 saturated carbocycles. The van der Waals surface area contributed by atoms with Crippen LogP contribution in [-0.2, 0) is 27.1 Å². The van der Waals surface area contributed by atoms with Gasteiger partial charge in [0.25, 0.3) is 11.8 Å². The molecule has 7 rings (SSSR count). The quantitative estimate of drug-likeness (QED) is 0.131. The number of fused-ring (bicyclic) bond motifs is 1. The Morgan fingerprint density at radius 1 is 0.962 bits per heavy atom. The number of halogens is 6. The van der Waals surface area contributed by atoms with Crippen LogP contribution in [0.3, 0.4) is 0 Å². The molecule has 2 fully saturated rings. The van der Waals surface area contributed by atoms with Gasteiger partial charge in [-0.25, -0.2) is 19.1 Å². The molecular formula is C34H26Cl2F4N6O6. The van der Waals surface area contributed by atoms with Gasteiger partial charge in [-0.3, -0.25) is 23.9 Å². The highest BCUT2D eigenvalue weighted by Gasteiger charge is 2.57. The predicted octanol–water partition coefficient (Wildman–Crippen LogP) is 6.02. The second kappa shape index (κ2) is 12.2. The molecular weight excluding hydrogens is 735 g/mol. The van der Waals surface area contributed by atoms with E-state index in [1.165, 1.54) is 48.1 Å². The largest absolute Gasteiger partial charge is 0.573 e. The Morgan fingerprint density at radius 3 is 2.15 bits per heavy atom. The van der Waals surface area contributed by atoms with Gasteiger partial charge >= 0.3 is 12.3 Å². The molecule has 0 radical (unpaired) electrons. The van der Waals surface area contributed by atoms with Gasteiger partial charge in [0.2, 0.25) is 11.9 Å². The molecule has 3 heterocycles. The topological polar surface area (TPSA) is 156 Å². The van der Waals surface area contributed by atoms with Crippen molar-refractivity contribution in [2.45, 2.75) is 62.0 Å². The molecule has 52 heavy (non-hydrogen) atoms. The number of anilines is 2. The summed E-state index contributed by atoms with van der Waals surface area (Å²) in [6.07, 6.45) is -0.949. The van der Waals surface area contributed by atoms with Gasteiger partial charge in [-0.2, -0.15) is 0 Å². The average molecular weight is 762 g/mol. The van der Waals surface area contributed by atoms with Crippen molar-refractivity contribution < 1.29 is 46.6 Å². The van der Waals surface area contributed by atoms with Crippen molar-refractivity contribution in [1.82, 2.24) is 25.2 Å². The maximum absolute atomic E-state index is 14.4. The Labute approximate surface area is 301 Å². The van der Waals surface area contributed by atoms with E-state index in [0.29, 0.717) is 36.9 Å². The lowest BCUT2D eigenvalue weighted by Crippen LogP contribution is -2.52. The molecule has 0 spiro atoms. The molecule has 1 aliphatic heterocycles. The third-order valence-corrected chi connectivity index (χ3v) is 9.96. The number of rotatable bonds is 10. The minimum Gasteiger partial charge on any atom is -0.478 e. The Morgan fingerprint density at radius 2 is 1.62 bits per heavy atom. The summed E-state index contributed by atoms with van der Waals surface area (Å²) >= 11 is 12.1. The molecule has 3 aliphatic rings. The molecule has 2 aromatic carbocycles. The first kappa shape index (κ1) is 35.2. The van der Waals surface area contributed by atoms with Crippen LogP contribution in [0.25, 0.3) is 0 Å². The highest BCUT2D eigenvalue weighted by atomic mass is 35.5. The minimum atomic E-state index is -4.92. The highest BCUT2D eigenvalue weighted by Crippen LogP contribution is 2.48. The van der Waals surface area contributed by atoms with Gasteiger partial charge in [0.1, 0.15) is 22.5 Å². The van der Waals surface area contributed by atoms with Crippen molar-refractivity contribution in [3.8, 4) is 5.75 Å². The van der Waals surface area contributed by atoms with Crippen molar-refractivity contribution in [3.63, 3.8) is 0 Å². The molecule has 3 N–H and O–H groups in total. The average Bonchev–Trinajstić information content (AvgIpc) is 3.99. The number of nitrogens with one attached hydrogen (secondary N) is 2. The number of aromatic nitrogens is 3. The monoisotopic (exact) mass is 760 g/mol. The number of aromatic carboxylic acids is 1. The molecule has 18 heteroatoms. The van der Waals surface area contributed by atoms with Crippen molar-refractivity contribution >= 4 is 58.5 Å². The number of carbonyl (C=O) groups excluding carboxylic acids is 3. The van der Waals surface area contributed by atoms with Crippen molar-refractivity contribution in [2.24, 2.45) is 0 Å². The highest BCUT2D eigenvalue weighted by molar-refractivity contribution is 6.35. The summed E-state index contributed by atoms with van der Waals surface area (Å²) in [5.41, 5.74) is -2.97. The van der Waals surface area contributed by atoms with Crippen LogP contribution in [0, 0.1) is 5.82 Å². The predicted molar refractivity (Wildman–Crippen MR) is 176 cm³/mol. The fourth-order valence-corrected chi connectivity index (χ4v) is 6.84. The van der Waals surface area contributed by atoms with Gasteiger partial charge in [-0.15, -0.1) is 13.2 Å². The first-order chi connectivity index (χ1) is 24.5. The van der Waals surface area contributed by atoms with Crippen LogP contribution >= 0.6 is 23.2 Å². The fourth-order valence-electron chi connectivity index (χ4n) is 6.36. The number of alkyl halides is 3. The number of hydrogen-bond acceptors (Lipinski definition) is 7. The summed E-state index contributed by atoms with van der Waals surface area (Å²) in [5, 5.41) is 14.2. The van der Waals surface area contributed by atoms with Crippen LogP contribution in [-0.4, -0.2) is 55.2 Å². The number of imidazole rings is 1. The number of ether oxygens (including phenoxy) is 1. The first-order valence-corrected chi connectivity index (χ1v) is 16.5. The van der Waals surface area contributed by atoms with Crippen LogP contribution < -0.4 is 20.3 Å². The third kappa shape index (κ3) is 6.19. The number of hydrogen-bond donors (Lipinski definition) is 3. The van der Waals surface area contributed by atoms with E-state index in [2.05, 4.69) is 25.3 Å². The normalized spacial score (nSPS) is 19.5. The third-order valence-electron chi connectivity index (χ3n) is 9.41. The molecule has 3 amide bonds. The lowest BCUT2D eigenvalue weighted by Gasteiger charge is -2.27. The van der Waals surface area contributed by atoms with Crippen LogP contribution in [0.5, 0.6) is 5.75 Å². The summed E-state index contributed by atoms with van der Waals surface area (Å²) in [6, 6.07) is 10.1. The Bertz CT molecular complexity index is 2130. The number of benzene rings is 2. The molecule has 0 bridgehead atoms. The van der Waals surface area contributed by atoms with Crippen LogP contribution in [0.4, 0.5) is 29.2 Å². The summed E-state index contributed by atoms with van der Waals surface area (Å²) in [5.74, 6) is -4.45. The van der Waals surface area contributed by atoms with Crippen LogP contribution in [0.2, 0.25) is 10.0 Å². The Hall–Kier alpha value is -5.22. The summed E-state index contributed by atoms with van der Waals surface area (Å²) in [7, 11) is 0. The Kier molecular flexibility index (Phi) is 8.25. The smallest absolute Gasteiger partial charge is 0.478 e. The van der Waals surface area contributed by atoms with Gasteiger partial charge in [0.05, 0.1) is 38.7 Å². The number of amides is 3. The van der Waals surface area contributed by atoms with Gasteiger partial charge in [-0.1, -0.05) is 35.3 Å². The molecule has 1 unspecified atom stereocenters. The van der Waals surface area contributed by atoms with E-state index >= 15 is 0 Å². The van der Waals surface area contributed by atoms with Crippen molar-refractivity contribution in [2.75, 3.05) is 4.90 Å². The zero-order valence-electron chi connectivity index (χ0n) is 26.9. The van der Waals surface area contributed by atoms with Gasteiger partial charge < -0.3 is 20.5 Å². The van der Waals surface area contributed by atoms with Crippen molar-refractivity contribution in [3.05, 3.63) is 99.3 Å². The second-order valence-corrected chi connectivity index (χ2v) is 13.9. The molecule has 12 nitrogen and oxygen atoms in total. The lowest BCUT2D eigenvalue weighted by atomic mass is 9.91. The fraction of sp³-hybridized carbons (Fsp3) is 0.294. The van der Waals surface area contributed by atoms with E-state index in [0.717, 1.165) is 29.2 Å². The molecule has 4 aromatic rings. The van der Waals surface area contributed by atoms with E-state index in [9.17, 15) is 41.8 Å². The maximum Gasteiger partial charge on any atom is 0.573 e. The lowest BCUT2D eigenvalue weighted by molar-refractivity contribution is -0.274. The Balaban J connectivity index is 1.19. The van der Waals surface area contributed by atoms with E-state index in [1.54, 1.807) is 0 Å². The molecule has 1 atom stereocenters. The van der Waals surface area contributed by atoms with Crippen molar-refractivity contribution in [1.29, 1.82) is 0 Å². The SMILES string of the molecule is CC1(Cc2ccc(OC(F)(F)F)cc2)C(=O)N(c2cc(Cl)c(F)c(Cl)c2)c2ncc(C(=O)NC3(C(=O)NC4(c5ccc(C(=O)O)cn5)CC4)CC3)n21. The van der Waals surface area contributed by atoms with Crippen LogP contribution in [0.15, 0.2) is 60.9 Å². The second-order valence-electron chi connectivity index (χ2n) is 13.1. The summed E-state index contributed by atoms with van der Waals surface area (Å²) < 4.78 is 58.0. The standard InChI is InChI=1S/C34H26Cl2F4N6O6/c1-31(14-17-2-5-20(6-3-17)52-34(38,39)40)29(51)45(19-12-21(35)25(37)22(36)13-19)30-42-16-23(46(30)31)26(47)43-33(10-11-33)28(50)44-32(8-9-32)24-7-4-18(15-41-24)27(48)49/h2-7,12-13,15-16H,8-11,14H2,1H3,(H,43,47)(H,44,50)(H,48,49). The van der Waals surface area contributed by atoms with E-state index < -0.39 is 58.2 Å². The molecule has 0 saturated heterocycles. The number of carboxylic acid groups (broad SMARTS) is 1. The van der Waals surface area contributed by atoms with E-state index in [-0.39, 0.29) is 39.4 Å². The van der Waals surface area contributed by atoms with Gasteiger partial charge in [0, 0.05) is 12.6 Å². The number of carbonyl (C=O) groups is 4. The van der Waals surface area contributed by atoms with Gasteiger partial charge in [0.15, 0.2) is 5.82 Å². The number of carboxylic acids is 1.